The smallest absolute Gasteiger partial charge is 0.254 e. The number of carbonyl (C=O) groups excluding carboxylic acids is 1. The van der Waals surface area contributed by atoms with Crippen molar-refractivity contribution in [3.05, 3.63) is 65.2 Å². The van der Waals surface area contributed by atoms with Gasteiger partial charge in [0, 0.05) is 12.7 Å². The molecule has 4 nitrogen and oxygen atoms in total. The van der Waals surface area contributed by atoms with Crippen LogP contribution < -0.4 is 5.32 Å². The molecule has 0 saturated heterocycles. The maximum atomic E-state index is 13.3. The van der Waals surface area contributed by atoms with Crippen molar-refractivity contribution in [2.75, 3.05) is 0 Å². The van der Waals surface area contributed by atoms with Gasteiger partial charge in [-0.3, -0.25) is 9.78 Å². The van der Waals surface area contributed by atoms with Crippen molar-refractivity contribution in [3.8, 4) is 0 Å². The molecule has 0 fully saturated rings. The van der Waals surface area contributed by atoms with Gasteiger partial charge in [0.25, 0.3) is 5.91 Å². The Kier molecular flexibility index (Phi) is 4.20. The maximum Gasteiger partial charge on any atom is 0.254 e. The number of aromatic nitrogens is 1. The van der Waals surface area contributed by atoms with E-state index in [0.717, 1.165) is 17.3 Å². The number of halogens is 1. The highest BCUT2D eigenvalue weighted by atomic mass is 19.1. The standard InChI is InChI=1S/C14H13FN2O2/c15-13-8-16-5-4-12(13)14(19)17-7-10-2-1-3-11(6-10)9-18/h1-6,8,18H,7,9H2,(H,17,19). The normalized spacial score (nSPS) is 10.2. The largest absolute Gasteiger partial charge is 0.392 e. The van der Waals surface area contributed by atoms with Crippen molar-refractivity contribution in [1.82, 2.24) is 10.3 Å². The highest BCUT2D eigenvalue weighted by Crippen LogP contribution is 2.07. The number of aliphatic hydroxyl groups is 1. The number of hydrogen-bond acceptors (Lipinski definition) is 3. The van der Waals surface area contributed by atoms with E-state index in [9.17, 15) is 9.18 Å². The van der Waals surface area contributed by atoms with Crippen LogP contribution in [0.1, 0.15) is 21.5 Å². The summed E-state index contributed by atoms with van der Waals surface area (Å²) >= 11 is 0. The molecule has 0 aliphatic rings. The molecular formula is C14H13FN2O2. The number of hydrogen-bond donors (Lipinski definition) is 2. The lowest BCUT2D eigenvalue weighted by Crippen LogP contribution is -2.23. The molecule has 1 amide bonds. The Morgan fingerprint density at radius 1 is 1.32 bits per heavy atom. The number of carbonyl (C=O) groups is 1. The Bertz CT molecular complexity index is 587. The first-order valence-corrected chi connectivity index (χ1v) is 5.77. The predicted octanol–water partition coefficient (Wildman–Crippen LogP) is 1.64. The summed E-state index contributed by atoms with van der Waals surface area (Å²) in [5.74, 6) is -1.14. The Morgan fingerprint density at radius 3 is 2.84 bits per heavy atom. The lowest BCUT2D eigenvalue weighted by Gasteiger charge is -2.07. The van der Waals surface area contributed by atoms with E-state index in [1.54, 1.807) is 18.2 Å². The molecular weight excluding hydrogens is 247 g/mol. The summed E-state index contributed by atoms with van der Waals surface area (Å²) in [7, 11) is 0. The summed E-state index contributed by atoms with van der Waals surface area (Å²) in [6.45, 7) is 0.217. The molecule has 98 valence electrons. The zero-order valence-electron chi connectivity index (χ0n) is 10.1. The molecule has 1 aromatic carbocycles. The maximum absolute atomic E-state index is 13.3. The van der Waals surface area contributed by atoms with E-state index in [1.165, 1.54) is 12.3 Å². The van der Waals surface area contributed by atoms with Crippen LogP contribution in [0, 0.1) is 5.82 Å². The molecule has 0 atom stereocenters. The SMILES string of the molecule is O=C(NCc1cccc(CO)c1)c1ccncc1F. The summed E-state index contributed by atoms with van der Waals surface area (Å²) < 4.78 is 13.3. The van der Waals surface area contributed by atoms with Gasteiger partial charge < -0.3 is 10.4 Å². The van der Waals surface area contributed by atoms with Gasteiger partial charge in [-0.15, -0.1) is 0 Å². The first-order chi connectivity index (χ1) is 9.20. The molecule has 2 aromatic rings. The van der Waals surface area contributed by atoms with Crippen molar-refractivity contribution >= 4 is 5.91 Å². The van der Waals surface area contributed by atoms with Gasteiger partial charge in [0.15, 0.2) is 5.82 Å². The lowest BCUT2D eigenvalue weighted by atomic mass is 10.1. The van der Waals surface area contributed by atoms with Gasteiger partial charge in [-0.25, -0.2) is 4.39 Å². The van der Waals surface area contributed by atoms with Gasteiger partial charge in [-0.1, -0.05) is 24.3 Å². The van der Waals surface area contributed by atoms with Crippen LogP contribution in [0.15, 0.2) is 42.7 Å². The summed E-state index contributed by atoms with van der Waals surface area (Å²) in [4.78, 5) is 15.4. The first kappa shape index (κ1) is 13.2. The Balaban J connectivity index is 2.02. The third kappa shape index (κ3) is 3.35. The molecule has 0 saturated carbocycles. The molecule has 5 heteroatoms. The number of pyridine rings is 1. The Morgan fingerprint density at radius 2 is 2.11 bits per heavy atom. The van der Waals surface area contributed by atoms with E-state index in [2.05, 4.69) is 10.3 Å². The van der Waals surface area contributed by atoms with Gasteiger partial charge in [-0.2, -0.15) is 0 Å². The highest BCUT2D eigenvalue weighted by molar-refractivity contribution is 5.94. The van der Waals surface area contributed by atoms with Crippen LogP contribution in [0.3, 0.4) is 0 Å². The average molecular weight is 260 g/mol. The van der Waals surface area contributed by atoms with E-state index in [1.807, 2.05) is 6.07 Å². The van der Waals surface area contributed by atoms with E-state index in [0.29, 0.717) is 0 Å². The molecule has 0 aliphatic heterocycles. The predicted molar refractivity (Wildman–Crippen MR) is 67.7 cm³/mol. The van der Waals surface area contributed by atoms with Crippen LogP contribution in [-0.4, -0.2) is 16.0 Å². The fraction of sp³-hybridized carbons (Fsp3) is 0.143. The number of benzene rings is 1. The van der Waals surface area contributed by atoms with Gasteiger partial charge >= 0.3 is 0 Å². The average Bonchev–Trinajstić information content (AvgIpc) is 2.45. The van der Waals surface area contributed by atoms with Crippen molar-refractivity contribution in [1.29, 1.82) is 0 Å². The molecule has 0 bridgehead atoms. The second-order valence-electron chi connectivity index (χ2n) is 4.02. The van der Waals surface area contributed by atoms with Gasteiger partial charge in [0.05, 0.1) is 18.4 Å². The highest BCUT2D eigenvalue weighted by Gasteiger charge is 2.10. The fourth-order valence-electron chi connectivity index (χ4n) is 1.67. The van der Waals surface area contributed by atoms with Crippen LogP contribution in [0.4, 0.5) is 4.39 Å². The van der Waals surface area contributed by atoms with Crippen molar-refractivity contribution in [2.24, 2.45) is 0 Å². The molecule has 1 heterocycles. The first-order valence-electron chi connectivity index (χ1n) is 5.77. The van der Waals surface area contributed by atoms with Crippen LogP contribution in [0.25, 0.3) is 0 Å². The van der Waals surface area contributed by atoms with Gasteiger partial charge in [-0.05, 0) is 17.2 Å². The number of nitrogens with zero attached hydrogens (tertiary/aromatic N) is 1. The van der Waals surface area contributed by atoms with E-state index < -0.39 is 11.7 Å². The van der Waals surface area contributed by atoms with E-state index in [-0.39, 0.29) is 18.7 Å². The molecule has 0 spiro atoms. The molecule has 19 heavy (non-hydrogen) atoms. The zero-order valence-corrected chi connectivity index (χ0v) is 10.1. The van der Waals surface area contributed by atoms with Crippen molar-refractivity contribution in [2.45, 2.75) is 13.2 Å². The topological polar surface area (TPSA) is 62.2 Å². The van der Waals surface area contributed by atoms with E-state index >= 15 is 0 Å². The number of nitrogens with one attached hydrogen (secondary N) is 1. The third-order valence-electron chi connectivity index (χ3n) is 2.64. The summed E-state index contributed by atoms with van der Waals surface area (Å²) in [5.41, 5.74) is 1.57. The van der Waals surface area contributed by atoms with Crippen molar-refractivity contribution < 1.29 is 14.3 Å². The monoisotopic (exact) mass is 260 g/mol. The molecule has 1 aromatic heterocycles. The number of amides is 1. The van der Waals surface area contributed by atoms with Crippen molar-refractivity contribution in [3.63, 3.8) is 0 Å². The summed E-state index contributed by atoms with van der Waals surface area (Å²) in [6, 6.07) is 8.51. The molecule has 0 radical (unpaired) electrons. The van der Waals surface area contributed by atoms with Crippen LogP contribution in [0.2, 0.25) is 0 Å². The van der Waals surface area contributed by atoms with Crippen LogP contribution >= 0.6 is 0 Å². The number of aliphatic hydroxyl groups excluding tert-OH is 1. The minimum Gasteiger partial charge on any atom is -0.392 e. The van der Waals surface area contributed by atoms with Crippen LogP contribution in [-0.2, 0) is 13.2 Å². The van der Waals surface area contributed by atoms with E-state index in [4.69, 9.17) is 5.11 Å². The molecule has 2 N–H and O–H groups in total. The van der Waals surface area contributed by atoms with Crippen LogP contribution in [0.5, 0.6) is 0 Å². The second-order valence-corrected chi connectivity index (χ2v) is 4.02. The summed E-state index contributed by atoms with van der Waals surface area (Å²) in [6.07, 6.45) is 2.37. The zero-order chi connectivity index (χ0) is 13.7. The molecule has 2 rings (SSSR count). The minimum absolute atomic E-state index is 0.0340. The number of rotatable bonds is 4. The Hall–Kier alpha value is -2.27. The second kappa shape index (κ2) is 6.06. The minimum atomic E-state index is -0.649. The molecule has 0 aliphatic carbocycles. The quantitative estimate of drug-likeness (QED) is 0.878. The van der Waals surface area contributed by atoms with Gasteiger partial charge in [0.2, 0.25) is 0 Å². The third-order valence-corrected chi connectivity index (χ3v) is 2.64. The molecule has 0 unspecified atom stereocenters. The lowest BCUT2D eigenvalue weighted by molar-refractivity contribution is 0.0946. The Labute approximate surface area is 109 Å². The summed E-state index contributed by atoms with van der Waals surface area (Å²) in [5, 5.41) is 11.6. The fourth-order valence-corrected chi connectivity index (χ4v) is 1.67. The van der Waals surface area contributed by atoms with Gasteiger partial charge in [0.1, 0.15) is 0 Å².